The molecule has 6 heteroatoms. The number of hydrogen-bond acceptors (Lipinski definition) is 4. The molecule has 2 rings (SSSR count). The van der Waals surface area contributed by atoms with Gasteiger partial charge in [0.15, 0.2) is 0 Å². The van der Waals surface area contributed by atoms with E-state index in [1.807, 2.05) is 13.8 Å². The molecule has 1 heterocycles. The van der Waals surface area contributed by atoms with Crippen molar-refractivity contribution in [2.45, 2.75) is 38.5 Å². The van der Waals surface area contributed by atoms with Crippen LogP contribution in [-0.4, -0.2) is 46.6 Å². The standard InChI is InChI=1S/C17H28N2O3S/c1-13-6-5-8-19(12-13)9-7-18-23(20,21)16-10-14(2)17(22-4)15(3)11-16/h10-11,13,18H,5-9,12H2,1-4H3. The number of methoxy groups -OCH3 is 1. The maximum Gasteiger partial charge on any atom is 0.240 e. The average molecular weight is 340 g/mol. The molecule has 0 bridgehead atoms. The van der Waals surface area contributed by atoms with Crippen molar-refractivity contribution in [3.8, 4) is 5.75 Å². The number of sulfonamides is 1. The van der Waals surface area contributed by atoms with Gasteiger partial charge < -0.3 is 9.64 Å². The molecule has 1 saturated heterocycles. The Labute approximate surface area is 140 Å². The lowest BCUT2D eigenvalue weighted by molar-refractivity contribution is 0.187. The maximum absolute atomic E-state index is 12.5. The fourth-order valence-electron chi connectivity index (χ4n) is 3.30. The number of nitrogens with zero attached hydrogens (tertiary/aromatic N) is 1. The first-order valence-corrected chi connectivity index (χ1v) is 9.69. The van der Waals surface area contributed by atoms with E-state index in [2.05, 4.69) is 16.5 Å². The van der Waals surface area contributed by atoms with Gasteiger partial charge in [0.1, 0.15) is 5.75 Å². The Morgan fingerprint density at radius 3 is 2.52 bits per heavy atom. The summed E-state index contributed by atoms with van der Waals surface area (Å²) in [6.07, 6.45) is 2.47. The Bertz CT molecular complexity index is 620. The van der Waals surface area contributed by atoms with Crippen molar-refractivity contribution in [3.63, 3.8) is 0 Å². The van der Waals surface area contributed by atoms with Crippen molar-refractivity contribution in [2.75, 3.05) is 33.3 Å². The van der Waals surface area contributed by atoms with Gasteiger partial charge in [-0.25, -0.2) is 13.1 Å². The number of rotatable bonds is 6. The summed E-state index contributed by atoms with van der Waals surface area (Å²) in [6, 6.07) is 3.33. The minimum absolute atomic E-state index is 0.306. The average Bonchev–Trinajstić information content (AvgIpc) is 2.46. The molecule has 0 aromatic heterocycles. The Morgan fingerprint density at radius 2 is 1.96 bits per heavy atom. The third kappa shape index (κ3) is 4.68. The second-order valence-electron chi connectivity index (χ2n) is 6.54. The summed E-state index contributed by atoms with van der Waals surface area (Å²) in [5.41, 5.74) is 1.66. The summed E-state index contributed by atoms with van der Waals surface area (Å²) in [5.74, 6) is 1.44. The third-order valence-corrected chi connectivity index (χ3v) is 5.85. The van der Waals surface area contributed by atoms with E-state index in [0.29, 0.717) is 17.4 Å². The molecule has 1 aliphatic heterocycles. The Balaban J connectivity index is 1.99. The van der Waals surface area contributed by atoms with E-state index in [0.717, 1.165) is 36.5 Å². The van der Waals surface area contributed by atoms with Crippen LogP contribution in [0.25, 0.3) is 0 Å². The molecule has 1 aromatic carbocycles. The van der Waals surface area contributed by atoms with Crippen LogP contribution in [0.3, 0.4) is 0 Å². The molecule has 5 nitrogen and oxygen atoms in total. The summed E-state index contributed by atoms with van der Waals surface area (Å²) in [6.45, 7) is 9.30. The summed E-state index contributed by atoms with van der Waals surface area (Å²) in [7, 11) is -1.88. The highest BCUT2D eigenvalue weighted by Gasteiger charge is 2.19. The number of nitrogens with one attached hydrogen (secondary N) is 1. The highest BCUT2D eigenvalue weighted by Crippen LogP contribution is 2.26. The van der Waals surface area contributed by atoms with Gasteiger partial charge in [-0.15, -0.1) is 0 Å². The predicted molar refractivity (Wildman–Crippen MR) is 92.5 cm³/mol. The first-order chi connectivity index (χ1) is 10.8. The van der Waals surface area contributed by atoms with Crippen molar-refractivity contribution in [1.29, 1.82) is 0 Å². The van der Waals surface area contributed by atoms with E-state index in [9.17, 15) is 8.42 Å². The van der Waals surface area contributed by atoms with Crippen LogP contribution < -0.4 is 9.46 Å². The van der Waals surface area contributed by atoms with E-state index < -0.39 is 10.0 Å². The molecule has 0 saturated carbocycles. The molecule has 0 amide bonds. The van der Waals surface area contributed by atoms with Gasteiger partial charge in [-0.05, 0) is 62.4 Å². The number of benzene rings is 1. The van der Waals surface area contributed by atoms with Gasteiger partial charge in [-0.3, -0.25) is 0 Å². The monoisotopic (exact) mass is 340 g/mol. The lowest BCUT2D eigenvalue weighted by Gasteiger charge is -2.30. The highest BCUT2D eigenvalue weighted by molar-refractivity contribution is 7.89. The third-order valence-electron chi connectivity index (χ3n) is 4.41. The van der Waals surface area contributed by atoms with Crippen LogP contribution in [0.4, 0.5) is 0 Å². The van der Waals surface area contributed by atoms with Crippen LogP contribution in [0.15, 0.2) is 17.0 Å². The summed E-state index contributed by atoms with van der Waals surface area (Å²) in [5, 5.41) is 0. The summed E-state index contributed by atoms with van der Waals surface area (Å²) in [4.78, 5) is 2.64. The largest absolute Gasteiger partial charge is 0.496 e. The molecule has 1 fully saturated rings. The van der Waals surface area contributed by atoms with Gasteiger partial charge >= 0.3 is 0 Å². The molecule has 0 aliphatic carbocycles. The summed E-state index contributed by atoms with van der Waals surface area (Å²) < 4.78 is 33.0. The molecule has 0 spiro atoms. The maximum atomic E-state index is 12.5. The van der Waals surface area contributed by atoms with E-state index >= 15 is 0 Å². The quantitative estimate of drug-likeness (QED) is 0.863. The van der Waals surface area contributed by atoms with Crippen LogP contribution in [0.2, 0.25) is 0 Å². The lowest BCUT2D eigenvalue weighted by atomic mass is 10.0. The van der Waals surface area contributed by atoms with Gasteiger partial charge in [0.05, 0.1) is 12.0 Å². The second-order valence-corrected chi connectivity index (χ2v) is 8.30. The molecule has 23 heavy (non-hydrogen) atoms. The minimum Gasteiger partial charge on any atom is -0.496 e. The normalized spacial score (nSPS) is 19.7. The van der Waals surface area contributed by atoms with Crippen LogP contribution in [0.1, 0.15) is 30.9 Å². The van der Waals surface area contributed by atoms with E-state index in [1.165, 1.54) is 12.8 Å². The number of piperidine rings is 1. The lowest BCUT2D eigenvalue weighted by Crippen LogP contribution is -2.40. The molecule has 1 aromatic rings. The number of aryl methyl sites for hydroxylation is 2. The molecule has 1 N–H and O–H groups in total. The minimum atomic E-state index is -3.48. The van der Waals surface area contributed by atoms with E-state index in [1.54, 1.807) is 19.2 Å². The molecule has 130 valence electrons. The number of hydrogen-bond donors (Lipinski definition) is 1. The number of likely N-dealkylation sites (tertiary alicyclic amines) is 1. The van der Waals surface area contributed by atoms with Crippen molar-refractivity contribution in [1.82, 2.24) is 9.62 Å². The predicted octanol–water partition coefficient (Wildman–Crippen LogP) is 2.32. The van der Waals surface area contributed by atoms with Crippen molar-refractivity contribution in [2.24, 2.45) is 5.92 Å². The Morgan fingerprint density at radius 1 is 1.30 bits per heavy atom. The van der Waals surface area contributed by atoms with Crippen molar-refractivity contribution >= 4 is 10.0 Å². The topological polar surface area (TPSA) is 58.6 Å². The van der Waals surface area contributed by atoms with Crippen molar-refractivity contribution in [3.05, 3.63) is 23.3 Å². The Hall–Kier alpha value is -1.11. The Kier molecular flexibility index (Phi) is 6.06. The van der Waals surface area contributed by atoms with Crippen LogP contribution in [-0.2, 0) is 10.0 Å². The fraction of sp³-hybridized carbons (Fsp3) is 0.647. The smallest absolute Gasteiger partial charge is 0.240 e. The number of ether oxygens (including phenoxy) is 1. The molecule has 1 unspecified atom stereocenters. The second kappa shape index (κ2) is 7.64. The first-order valence-electron chi connectivity index (χ1n) is 8.20. The SMILES string of the molecule is COc1c(C)cc(S(=O)(=O)NCCN2CCCC(C)C2)cc1C. The van der Waals surface area contributed by atoms with E-state index in [4.69, 9.17) is 4.74 Å². The molecule has 1 atom stereocenters. The van der Waals surface area contributed by atoms with Crippen LogP contribution in [0.5, 0.6) is 5.75 Å². The summed E-state index contributed by atoms with van der Waals surface area (Å²) >= 11 is 0. The zero-order valence-electron chi connectivity index (χ0n) is 14.6. The van der Waals surface area contributed by atoms with Crippen molar-refractivity contribution < 1.29 is 13.2 Å². The van der Waals surface area contributed by atoms with Gasteiger partial charge in [-0.2, -0.15) is 0 Å². The molecule has 1 aliphatic rings. The van der Waals surface area contributed by atoms with Crippen LogP contribution in [0, 0.1) is 19.8 Å². The zero-order chi connectivity index (χ0) is 17.0. The molecular formula is C17H28N2O3S. The van der Waals surface area contributed by atoms with Gasteiger partial charge in [0.2, 0.25) is 10.0 Å². The fourth-order valence-corrected chi connectivity index (χ4v) is 4.49. The first kappa shape index (κ1) is 18.2. The van der Waals surface area contributed by atoms with Crippen LogP contribution >= 0.6 is 0 Å². The zero-order valence-corrected chi connectivity index (χ0v) is 15.4. The van der Waals surface area contributed by atoms with Gasteiger partial charge in [0, 0.05) is 19.6 Å². The molecular weight excluding hydrogens is 312 g/mol. The van der Waals surface area contributed by atoms with Gasteiger partial charge in [-0.1, -0.05) is 6.92 Å². The molecule has 0 radical (unpaired) electrons. The van der Waals surface area contributed by atoms with Gasteiger partial charge in [0.25, 0.3) is 0 Å². The highest BCUT2D eigenvalue weighted by atomic mass is 32.2. The van der Waals surface area contributed by atoms with E-state index in [-0.39, 0.29) is 0 Å².